The topological polar surface area (TPSA) is 78.0 Å². The van der Waals surface area contributed by atoms with E-state index in [1.165, 1.54) is 0 Å². The summed E-state index contributed by atoms with van der Waals surface area (Å²) in [4.78, 5) is 11.8. The van der Waals surface area contributed by atoms with Crippen LogP contribution in [0.1, 0.15) is 41.7 Å². The van der Waals surface area contributed by atoms with Crippen LogP contribution in [-0.4, -0.2) is 33.9 Å². The van der Waals surface area contributed by atoms with Crippen molar-refractivity contribution in [2.75, 3.05) is 6.54 Å². The number of hydrogen-bond acceptors (Lipinski definition) is 3. The minimum absolute atomic E-state index is 0.0672. The summed E-state index contributed by atoms with van der Waals surface area (Å²) >= 11 is 0. The standard InChI is InChI=1S/C12H19N3O2/c1-8-11(7-14-15-8)12(17)13-6-9-2-4-10(16)5-3-9/h7,9-10,16H,2-6H2,1H3,(H,13,17)(H,14,15). The predicted octanol–water partition coefficient (Wildman–Crippen LogP) is 0.999. The molecule has 0 saturated heterocycles. The number of carbonyl (C=O) groups excluding carboxylic acids is 1. The number of H-pyrrole nitrogens is 1. The summed E-state index contributed by atoms with van der Waals surface area (Å²) in [5.41, 5.74) is 1.41. The van der Waals surface area contributed by atoms with Crippen molar-refractivity contribution in [3.63, 3.8) is 0 Å². The summed E-state index contributed by atoms with van der Waals surface area (Å²) < 4.78 is 0. The number of aryl methyl sites for hydroxylation is 1. The second kappa shape index (κ2) is 5.31. The van der Waals surface area contributed by atoms with Crippen molar-refractivity contribution >= 4 is 5.91 Å². The van der Waals surface area contributed by atoms with Crippen LogP contribution in [0.5, 0.6) is 0 Å². The maximum Gasteiger partial charge on any atom is 0.254 e. The van der Waals surface area contributed by atoms with E-state index in [0.29, 0.717) is 18.0 Å². The lowest BCUT2D eigenvalue weighted by Crippen LogP contribution is -2.32. The zero-order valence-corrected chi connectivity index (χ0v) is 10.1. The summed E-state index contributed by atoms with van der Waals surface area (Å²) in [5, 5.41) is 18.9. The molecule has 1 fully saturated rings. The fourth-order valence-electron chi connectivity index (χ4n) is 2.26. The Hall–Kier alpha value is -1.36. The maximum atomic E-state index is 11.8. The van der Waals surface area contributed by atoms with E-state index < -0.39 is 0 Å². The molecule has 1 heterocycles. The highest BCUT2D eigenvalue weighted by molar-refractivity contribution is 5.94. The van der Waals surface area contributed by atoms with Gasteiger partial charge in [-0.2, -0.15) is 5.10 Å². The molecule has 5 nitrogen and oxygen atoms in total. The summed E-state index contributed by atoms with van der Waals surface area (Å²) in [6.07, 6.45) is 5.10. The molecule has 0 unspecified atom stereocenters. The van der Waals surface area contributed by atoms with Gasteiger partial charge in [0.2, 0.25) is 0 Å². The first-order valence-corrected chi connectivity index (χ1v) is 6.13. The van der Waals surface area contributed by atoms with Crippen LogP contribution < -0.4 is 5.32 Å². The second-order valence-electron chi connectivity index (χ2n) is 4.79. The second-order valence-corrected chi connectivity index (χ2v) is 4.79. The van der Waals surface area contributed by atoms with Gasteiger partial charge in [0.1, 0.15) is 0 Å². The Balaban J connectivity index is 1.79. The molecule has 1 aliphatic carbocycles. The van der Waals surface area contributed by atoms with Gasteiger partial charge in [-0.3, -0.25) is 9.89 Å². The van der Waals surface area contributed by atoms with Gasteiger partial charge in [0, 0.05) is 12.2 Å². The molecular weight excluding hydrogens is 218 g/mol. The summed E-state index contributed by atoms with van der Waals surface area (Å²) in [7, 11) is 0. The van der Waals surface area contributed by atoms with Gasteiger partial charge >= 0.3 is 0 Å². The molecule has 0 aliphatic heterocycles. The van der Waals surface area contributed by atoms with Gasteiger partial charge < -0.3 is 10.4 Å². The summed E-state index contributed by atoms with van der Waals surface area (Å²) in [6, 6.07) is 0. The lowest BCUT2D eigenvalue weighted by Gasteiger charge is -2.25. The van der Waals surface area contributed by atoms with Gasteiger partial charge in [0.15, 0.2) is 0 Å². The average molecular weight is 237 g/mol. The van der Waals surface area contributed by atoms with Gasteiger partial charge in [0.05, 0.1) is 17.9 Å². The van der Waals surface area contributed by atoms with Crippen molar-refractivity contribution < 1.29 is 9.90 Å². The van der Waals surface area contributed by atoms with Gasteiger partial charge in [-0.15, -0.1) is 0 Å². The Bertz CT molecular complexity index is 381. The minimum atomic E-state index is -0.141. The van der Waals surface area contributed by atoms with Crippen LogP contribution in [0.15, 0.2) is 6.20 Å². The smallest absolute Gasteiger partial charge is 0.254 e. The van der Waals surface area contributed by atoms with E-state index in [0.717, 1.165) is 31.4 Å². The number of hydrogen-bond donors (Lipinski definition) is 3. The van der Waals surface area contributed by atoms with E-state index >= 15 is 0 Å². The fourth-order valence-corrected chi connectivity index (χ4v) is 2.26. The molecule has 5 heteroatoms. The Morgan fingerprint density at radius 3 is 2.82 bits per heavy atom. The van der Waals surface area contributed by atoms with Crippen molar-refractivity contribution in [1.82, 2.24) is 15.5 Å². The summed E-state index contributed by atoms with van der Waals surface area (Å²) in [5.74, 6) is 0.428. The van der Waals surface area contributed by atoms with Crippen LogP contribution in [0.2, 0.25) is 0 Å². The lowest BCUT2D eigenvalue weighted by atomic mass is 9.87. The van der Waals surface area contributed by atoms with E-state index in [-0.39, 0.29) is 12.0 Å². The number of nitrogens with one attached hydrogen (secondary N) is 2. The number of nitrogens with zero attached hydrogens (tertiary/aromatic N) is 1. The third-order valence-electron chi connectivity index (χ3n) is 3.44. The molecule has 0 radical (unpaired) electrons. The molecule has 1 aliphatic rings. The van der Waals surface area contributed by atoms with Gasteiger partial charge in [-0.1, -0.05) is 0 Å². The first-order chi connectivity index (χ1) is 8.16. The number of rotatable bonds is 3. The number of carbonyl (C=O) groups is 1. The van der Waals surface area contributed by atoms with Crippen LogP contribution in [0.25, 0.3) is 0 Å². The van der Waals surface area contributed by atoms with Gasteiger partial charge in [-0.25, -0.2) is 0 Å². The number of aliphatic hydroxyl groups excluding tert-OH is 1. The molecule has 1 amide bonds. The highest BCUT2D eigenvalue weighted by atomic mass is 16.3. The van der Waals surface area contributed by atoms with Crippen LogP contribution in [-0.2, 0) is 0 Å². The molecule has 17 heavy (non-hydrogen) atoms. The largest absolute Gasteiger partial charge is 0.393 e. The summed E-state index contributed by atoms with van der Waals surface area (Å²) in [6.45, 7) is 2.52. The maximum absolute atomic E-state index is 11.8. The first kappa shape index (κ1) is 12.1. The molecule has 1 saturated carbocycles. The SMILES string of the molecule is Cc1[nH]ncc1C(=O)NCC1CCC(O)CC1. The first-order valence-electron chi connectivity index (χ1n) is 6.13. The fraction of sp³-hybridized carbons (Fsp3) is 0.667. The molecule has 3 N–H and O–H groups in total. The van der Waals surface area contributed by atoms with Gasteiger partial charge in [-0.05, 0) is 38.5 Å². The van der Waals surface area contributed by atoms with Crippen LogP contribution in [0.4, 0.5) is 0 Å². The predicted molar refractivity (Wildman–Crippen MR) is 63.6 cm³/mol. The molecule has 0 bridgehead atoms. The van der Waals surface area contributed by atoms with Crippen molar-refractivity contribution in [3.05, 3.63) is 17.5 Å². The van der Waals surface area contributed by atoms with Crippen LogP contribution in [0, 0.1) is 12.8 Å². The Labute approximate surface area is 101 Å². The molecule has 0 atom stereocenters. The molecule has 94 valence electrons. The monoisotopic (exact) mass is 237 g/mol. The molecule has 1 aromatic heterocycles. The molecule has 0 spiro atoms. The number of aromatic amines is 1. The van der Waals surface area contributed by atoms with E-state index in [1.807, 2.05) is 6.92 Å². The van der Waals surface area contributed by atoms with E-state index in [2.05, 4.69) is 15.5 Å². The molecule has 0 aromatic carbocycles. The number of aromatic nitrogens is 2. The van der Waals surface area contributed by atoms with E-state index in [1.54, 1.807) is 6.20 Å². The molecular formula is C12H19N3O2. The van der Waals surface area contributed by atoms with Gasteiger partial charge in [0.25, 0.3) is 5.91 Å². The average Bonchev–Trinajstić information content (AvgIpc) is 2.74. The zero-order chi connectivity index (χ0) is 12.3. The van der Waals surface area contributed by atoms with Crippen LogP contribution >= 0.6 is 0 Å². The quantitative estimate of drug-likeness (QED) is 0.734. The highest BCUT2D eigenvalue weighted by Gasteiger charge is 2.20. The van der Waals surface area contributed by atoms with E-state index in [9.17, 15) is 9.90 Å². The molecule has 1 aromatic rings. The van der Waals surface area contributed by atoms with Crippen molar-refractivity contribution in [3.8, 4) is 0 Å². The van der Waals surface area contributed by atoms with E-state index in [4.69, 9.17) is 0 Å². The van der Waals surface area contributed by atoms with Crippen molar-refractivity contribution in [2.24, 2.45) is 5.92 Å². The normalized spacial score (nSPS) is 24.6. The Morgan fingerprint density at radius 1 is 1.53 bits per heavy atom. The van der Waals surface area contributed by atoms with Crippen molar-refractivity contribution in [2.45, 2.75) is 38.7 Å². The number of amides is 1. The van der Waals surface area contributed by atoms with Crippen LogP contribution in [0.3, 0.4) is 0 Å². The highest BCUT2D eigenvalue weighted by Crippen LogP contribution is 2.23. The molecule has 2 rings (SSSR count). The number of aliphatic hydroxyl groups is 1. The zero-order valence-electron chi connectivity index (χ0n) is 10.1. The third-order valence-corrected chi connectivity index (χ3v) is 3.44. The Kier molecular flexibility index (Phi) is 3.78. The third kappa shape index (κ3) is 3.06. The Morgan fingerprint density at radius 2 is 2.24 bits per heavy atom. The van der Waals surface area contributed by atoms with Crippen molar-refractivity contribution in [1.29, 1.82) is 0 Å². The minimum Gasteiger partial charge on any atom is -0.393 e. The lowest BCUT2D eigenvalue weighted by molar-refractivity contribution is 0.0910.